The maximum absolute atomic E-state index is 13.5. The van der Waals surface area contributed by atoms with Crippen molar-refractivity contribution in [3.63, 3.8) is 0 Å². The predicted molar refractivity (Wildman–Crippen MR) is 107 cm³/mol. The van der Waals surface area contributed by atoms with E-state index >= 15 is 0 Å². The lowest BCUT2D eigenvalue weighted by Crippen LogP contribution is -2.34. The van der Waals surface area contributed by atoms with Gasteiger partial charge in [-0.05, 0) is 24.3 Å². The van der Waals surface area contributed by atoms with Crippen molar-refractivity contribution in [1.82, 2.24) is 14.5 Å². The van der Waals surface area contributed by atoms with E-state index in [0.717, 1.165) is 22.8 Å². The molecule has 7 heteroatoms. The van der Waals surface area contributed by atoms with E-state index in [4.69, 9.17) is 9.47 Å². The van der Waals surface area contributed by atoms with Crippen LogP contribution in [0.2, 0.25) is 0 Å². The molecular formula is C22H22FN3O3. The Hall–Kier alpha value is -3.35. The van der Waals surface area contributed by atoms with Gasteiger partial charge in [-0.25, -0.2) is 9.37 Å². The number of rotatable bonds is 4. The van der Waals surface area contributed by atoms with Crippen molar-refractivity contribution in [1.29, 1.82) is 0 Å². The van der Waals surface area contributed by atoms with Crippen LogP contribution in [0.3, 0.4) is 0 Å². The first-order chi connectivity index (χ1) is 14.1. The quantitative estimate of drug-likeness (QED) is 0.679. The van der Waals surface area contributed by atoms with E-state index in [0.29, 0.717) is 31.6 Å². The number of para-hydroxylation sites is 1. The summed E-state index contributed by atoms with van der Waals surface area (Å²) in [6.45, 7) is 1.66. The van der Waals surface area contributed by atoms with Gasteiger partial charge >= 0.3 is 0 Å². The normalized spacial score (nSPS) is 13.6. The molecule has 1 aliphatic heterocycles. The summed E-state index contributed by atoms with van der Waals surface area (Å²) in [5, 5.41) is 0. The van der Waals surface area contributed by atoms with Crippen LogP contribution in [0.4, 0.5) is 4.39 Å². The number of halogens is 1. The minimum absolute atomic E-state index is 0.175. The largest absolute Gasteiger partial charge is 0.496 e. The molecule has 1 aromatic heterocycles. The topological polar surface area (TPSA) is 56.6 Å². The molecule has 0 fully saturated rings. The Kier molecular flexibility index (Phi) is 5.20. The fraction of sp³-hybridized carbons (Fsp3) is 0.273. The number of aromatic nitrogens is 2. The number of carbonyl (C=O) groups excluding carboxylic acids is 1. The van der Waals surface area contributed by atoms with Crippen molar-refractivity contribution >= 4 is 5.91 Å². The van der Waals surface area contributed by atoms with Gasteiger partial charge in [0.05, 0.1) is 31.7 Å². The van der Waals surface area contributed by atoms with Crippen LogP contribution in [0, 0.1) is 5.82 Å². The highest BCUT2D eigenvalue weighted by Crippen LogP contribution is 2.31. The van der Waals surface area contributed by atoms with Crippen molar-refractivity contribution in [2.24, 2.45) is 0 Å². The third kappa shape index (κ3) is 3.55. The Morgan fingerprint density at radius 1 is 1.03 bits per heavy atom. The lowest BCUT2D eigenvalue weighted by molar-refractivity contribution is 0.0755. The van der Waals surface area contributed by atoms with Crippen molar-refractivity contribution in [3.05, 3.63) is 65.9 Å². The average Bonchev–Trinajstić information content (AvgIpc) is 3.03. The second kappa shape index (κ2) is 7.95. The monoisotopic (exact) mass is 395 g/mol. The van der Waals surface area contributed by atoms with E-state index in [-0.39, 0.29) is 11.7 Å². The van der Waals surface area contributed by atoms with E-state index in [2.05, 4.69) is 9.55 Å². The Balaban J connectivity index is 1.60. The molecular weight excluding hydrogens is 373 g/mol. The SMILES string of the molecule is COc1cc(F)ccc1C(=O)N1CCc2ncc(-c3ccccc3OC)n2CC1. The first kappa shape index (κ1) is 19.0. The highest BCUT2D eigenvalue weighted by Gasteiger charge is 2.25. The smallest absolute Gasteiger partial charge is 0.257 e. The number of benzene rings is 2. The molecule has 0 bridgehead atoms. The molecule has 29 heavy (non-hydrogen) atoms. The molecule has 0 radical (unpaired) electrons. The summed E-state index contributed by atoms with van der Waals surface area (Å²) in [5.74, 6) is 1.34. The molecule has 2 aromatic carbocycles. The zero-order valence-corrected chi connectivity index (χ0v) is 16.4. The first-order valence-electron chi connectivity index (χ1n) is 9.43. The molecule has 150 valence electrons. The molecule has 0 saturated carbocycles. The van der Waals surface area contributed by atoms with Gasteiger partial charge in [0.2, 0.25) is 0 Å². The van der Waals surface area contributed by atoms with Crippen LogP contribution in [0.1, 0.15) is 16.2 Å². The standard InChI is InChI=1S/C22H22FN3O3/c1-28-19-6-4-3-5-16(19)18-14-24-21-9-10-25(11-12-26(18)21)22(27)17-8-7-15(23)13-20(17)29-2/h3-8,13-14H,9-12H2,1-2H3. The number of carbonyl (C=O) groups is 1. The van der Waals surface area contributed by atoms with E-state index in [9.17, 15) is 9.18 Å². The molecule has 0 spiro atoms. The molecule has 6 nitrogen and oxygen atoms in total. The van der Waals surface area contributed by atoms with Crippen molar-refractivity contribution in [2.75, 3.05) is 27.3 Å². The number of imidazole rings is 1. The van der Waals surface area contributed by atoms with Crippen LogP contribution in [0.25, 0.3) is 11.3 Å². The van der Waals surface area contributed by atoms with Gasteiger partial charge < -0.3 is 18.9 Å². The lowest BCUT2D eigenvalue weighted by Gasteiger charge is -2.21. The zero-order valence-electron chi connectivity index (χ0n) is 16.4. The van der Waals surface area contributed by atoms with Crippen molar-refractivity contribution in [2.45, 2.75) is 13.0 Å². The molecule has 1 amide bonds. The summed E-state index contributed by atoms with van der Waals surface area (Å²) in [6, 6.07) is 11.8. The van der Waals surface area contributed by atoms with Gasteiger partial charge in [-0.1, -0.05) is 12.1 Å². The Bertz CT molecular complexity index is 1050. The van der Waals surface area contributed by atoms with Crippen LogP contribution in [-0.4, -0.2) is 47.7 Å². The summed E-state index contributed by atoms with van der Waals surface area (Å²) in [4.78, 5) is 19.4. The Morgan fingerprint density at radius 3 is 2.62 bits per heavy atom. The Labute approximate surface area is 168 Å². The lowest BCUT2D eigenvalue weighted by atomic mass is 10.1. The number of methoxy groups -OCH3 is 2. The molecule has 2 heterocycles. The molecule has 1 aliphatic rings. The minimum atomic E-state index is -0.434. The van der Waals surface area contributed by atoms with Crippen LogP contribution >= 0.6 is 0 Å². The molecule has 0 aliphatic carbocycles. The van der Waals surface area contributed by atoms with Crippen LogP contribution in [0.5, 0.6) is 11.5 Å². The van der Waals surface area contributed by atoms with Crippen molar-refractivity contribution in [3.8, 4) is 22.8 Å². The summed E-state index contributed by atoms with van der Waals surface area (Å²) in [6.07, 6.45) is 2.48. The predicted octanol–water partition coefficient (Wildman–Crippen LogP) is 3.40. The van der Waals surface area contributed by atoms with Crippen LogP contribution in [0.15, 0.2) is 48.7 Å². The summed E-state index contributed by atoms with van der Waals surface area (Å²) < 4.78 is 26.3. The molecule has 0 N–H and O–H groups in total. The molecule has 3 aromatic rings. The van der Waals surface area contributed by atoms with Gasteiger partial charge in [-0.3, -0.25) is 4.79 Å². The van der Waals surface area contributed by atoms with E-state index in [1.54, 1.807) is 12.0 Å². The third-order valence-corrected chi connectivity index (χ3v) is 5.20. The first-order valence-corrected chi connectivity index (χ1v) is 9.43. The number of nitrogens with zero attached hydrogens (tertiary/aromatic N) is 3. The average molecular weight is 395 g/mol. The van der Waals surface area contributed by atoms with Gasteiger partial charge in [-0.15, -0.1) is 0 Å². The summed E-state index contributed by atoms with van der Waals surface area (Å²) in [7, 11) is 3.08. The second-order valence-corrected chi connectivity index (χ2v) is 6.80. The highest BCUT2D eigenvalue weighted by molar-refractivity contribution is 5.97. The number of ether oxygens (including phenoxy) is 2. The Morgan fingerprint density at radius 2 is 1.83 bits per heavy atom. The van der Waals surface area contributed by atoms with Gasteiger partial charge in [0, 0.05) is 37.7 Å². The highest BCUT2D eigenvalue weighted by atomic mass is 19.1. The van der Waals surface area contributed by atoms with E-state index in [1.807, 2.05) is 30.5 Å². The van der Waals surface area contributed by atoms with Gasteiger partial charge in [0.1, 0.15) is 23.1 Å². The molecule has 0 unspecified atom stereocenters. The molecule has 4 rings (SSSR count). The number of hydrogen-bond donors (Lipinski definition) is 0. The number of amides is 1. The molecule has 0 saturated heterocycles. The summed E-state index contributed by atoms with van der Waals surface area (Å²) >= 11 is 0. The van der Waals surface area contributed by atoms with Gasteiger partial charge in [0.25, 0.3) is 5.91 Å². The maximum atomic E-state index is 13.5. The fourth-order valence-electron chi connectivity index (χ4n) is 3.72. The van der Waals surface area contributed by atoms with Crippen LogP contribution in [-0.2, 0) is 13.0 Å². The zero-order chi connectivity index (χ0) is 20.4. The van der Waals surface area contributed by atoms with Gasteiger partial charge in [-0.2, -0.15) is 0 Å². The van der Waals surface area contributed by atoms with E-state index < -0.39 is 5.82 Å². The second-order valence-electron chi connectivity index (χ2n) is 6.80. The van der Waals surface area contributed by atoms with Gasteiger partial charge in [0.15, 0.2) is 0 Å². The number of fused-ring (bicyclic) bond motifs is 1. The van der Waals surface area contributed by atoms with Crippen LogP contribution < -0.4 is 9.47 Å². The minimum Gasteiger partial charge on any atom is -0.496 e. The summed E-state index contributed by atoms with van der Waals surface area (Å²) in [5.41, 5.74) is 2.29. The fourth-order valence-corrected chi connectivity index (χ4v) is 3.72. The third-order valence-electron chi connectivity index (χ3n) is 5.20. The van der Waals surface area contributed by atoms with Crippen molar-refractivity contribution < 1.29 is 18.7 Å². The number of hydrogen-bond acceptors (Lipinski definition) is 4. The van der Waals surface area contributed by atoms with E-state index in [1.165, 1.54) is 25.3 Å². The molecule has 0 atom stereocenters. The maximum Gasteiger partial charge on any atom is 0.257 e.